The monoisotopic (exact) mass is 385 g/mol. The first-order valence-corrected chi connectivity index (χ1v) is 8.54. The van der Waals surface area contributed by atoms with E-state index in [1.165, 1.54) is 12.3 Å². The first-order valence-electron chi connectivity index (χ1n) is 7.00. The molecule has 0 saturated carbocycles. The van der Waals surface area contributed by atoms with Crippen molar-refractivity contribution >= 4 is 10.0 Å². The quantitative estimate of drug-likeness (QED) is 0.833. The van der Waals surface area contributed by atoms with Crippen LogP contribution in [0.3, 0.4) is 0 Å². The first kappa shape index (κ1) is 18.1. The molecule has 0 radical (unpaired) electrons. The van der Waals surface area contributed by atoms with Crippen molar-refractivity contribution in [2.24, 2.45) is 5.14 Å². The van der Waals surface area contributed by atoms with E-state index in [9.17, 15) is 26.7 Å². The second-order valence-electron chi connectivity index (χ2n) is 5.50. The standard InChI is InChI=1S/C15H10F3N3O4S/c16-13-11-9(25-8-3-7(4-19)5-21-6-8)1-2-10(26(20,23)24)12(11)14(22)15(13,17)18/h1-3,5-6,13-14,22H,(H2,20,23,24). The molecule has 26 heavy (non-hydrogen) atoms. The molecule has 1 aliphatic rings. The number of ether oxygens (including phenoxy) is 1. The van der Waals surface area contributed by atoms with Gasteiger partial charge in [-0.1, -0.05) is 0 Å². The van der Waals surface area contributed by atoms with Crippen LogP contribution in [0.4, 0.5) is 13.2 Å². The van der Waals surface area contributed by atoms with Crippen LogP contribution in [0.25, 0.3) is 0 Å². The van der Waals surface area contributed by atoms with E-state index in [2.05, 4.69) is 4.98 Å². The molecule has 136 valence electrons. The predicted octanol–water partition coefficient (Wildman–Crippen LogP) is 2.09. The van der Waals surface area contributed by atoms with Gasteiger partial charge in [0, 0.05) is 23.4 Å². The van der Waals surface area contributed by atoms with E-state index in [0.29, 0.717) is 0 Å². The summed E-state index contributed by atoms with van der Waals surface area (Å²) in [5.74, 6) is -4.78. The second-order valence-corrected chi connectivity index (χ2v) is 7.03. The highest BCUT2D eigenvalue weighted by molar-refractivity contribution is 7.89. The summed E-state index contributed by atoms with van der Waals surface area (Å²) in [7, 11) is -4.51. The third kappa shape index (κ3) is 2.78. The van der Waals surface area contributed by atoms with Crippen LogP contribution in [0.1, 0.15) is 29.0 Å². The van der Waals surface area contributed by atoms with Crippen molar-refractivity contribution in [3.05, 3.63) is 47.3 Å². The van der Waals surface area contributed by atoms with E-state index < -0.39 is 50.0 Å². The number of rotatable bonds is 3. The molecule has 11 heteroatoms. The number of halogens is 3. The van der Waals surface area contributed by atoms with E-state index >= 15 is 0 Å². The predicted molar refractivity (Wildman–Crippen MR) is 80.6 cm³/mol. The number of benzene rings is 1. The number of alkyl halides is 3. The van der Waals surface area contributed by atoms with Crippen LogP contribution in [0.15, 0.2) is 35.5 Å². The summed E-state index contributed by atoms with van der Waals surface area (Å²) in [6.07, 6.45) is -3.36. The van der Waals surface area contributed by atoms with Gasteiger partial charge >= 0.3 is 5.92 Å². The van der Waals surface area contributed by atoms with Gasteiger partial charge in [0.2, 0.25) is 10.0 Å². The lowest BCUT2D eigenvalue weighted by molar-refractivity contribution is -0.143. The van der Waals surface area contributed by atoms with Gasteiger partial charge in [-0.2, -0.15) is 14.0 Å². The maximum atomic E-state index is 14.3. The normalized spacial score (nSPS) is 21.1. The fourth-order valence-electron chi connectivity index (χ4n) is 2.66. The molecule has 2 unspecified atom stereocenters. The molecule has 1 aromatic carbocycles. The Morgan fingerprint density at radius 2 is 2.00 bits per heavy atom. The van der Waals surface area contributed by atoms with Crippen LogP contribution in [0, 0.1) is 11.3 Å². The number of aliphatic hydroxyl groups excluding tert-OH is 1. The fourth-order valence-corrected chi connectivity index (χ4v) is 3.45. The summed E-state index contributed by atoms with van der Waals surface area (Å²) in [5.41, 5.74) is -1.58. The zero-order valence-corrected chi connectivity index (χ0v) is 13.5. The van der Waals surface area contributed by atoms with Crippen molar-refractivity contribution in [2.75, 3.05) is 0 Å². The molecule has 0 fully saturated rings. The maximum absolute atomic E-state index is 14.3. The molecular weight excluding hydrogens is 375 g/mol. The van der Waals surface area contributed by atoms with Gasteiger partial charge in [0.25, 0.3) is 0 Å². The van der Waals surface area contributed by atoms with Gasteiger partial charge in [-0.25, -0.2) is 17.9 Å². The zero-order chi connectivity index (χ0) is 19.3. The highest BCUT2D eigenvalue weighted by atomic mass is 32.2. The number of sulfonamides is 1. The Morgan fingerprint density at radius 3 is 2.62 bits per heavy atom. The van der Waals surface area contributed by atoms with E-state index in [4.69, 9.17) is 15.1 Å². The van der Waals surface area contributed by atoms with E-state index in [-0.39, 0.29) is 11.3 Å². The number of nitriles is 1. The summed E-state index contributed by atoms with van der Waals surface area (Å²) in [4.78, 5) is 2.89. The molecule has 1 aliphatic carbocycles. The number of aromatic nitrogens is 1. The molecule has 2 atom stereocenters. The Balaban J connectivity index is 2.20. The van der Waals surface area contributed by atoms with Crippen molar-refractivity contribution < 1.29 is 31.4 Å². The molecule has 2 aromatic rings. The lowest BCUT2D eigenvalue weighted by Gasteiger charge is -2.16. The Bertz CT molecular complexity index is 1040. The largest absolute Gasteiger partial charge is 0.455 e. The Hall–Kier alpha value is -2.68. The molecule has 0 saturated heterocycles. The highest BCUT2D eigenvalue weighted by Gasteiger charge is 2.59. The Labute approximate surface area is 145 Å². The lowest BCUT2D eigenvalue weighted by Crippen LogP contribution is -2.25. The molecule has 0 spiro atoms. The van der Waals surface area contributed by atoms with Gasteiger partial charge in [-0.15, -0.1) is 0 Å². The SMILES string of the molecule is N#Cc1cncc(Oc2ccc(S(N)(=O)=O)c3c2C(F)C(F)(F)C3O)c1. The first-order chi connectivity index (χ1) is 12.1. The number of primary sulfonamides is 1. The highest BCUT2D eigenvalue weighted by Crippen LogP contribution is 2.57. The average molecular weight is 385 g/mol. The summed E-state index contributed by atoms with van der Waals surface area (Å²) in [6, 6.07) is 4.80. The molecule has 1 aromatic heterocycles. The van der Waals surface area contributed by atoms with Crippen LogP contribution >= 0.6 is 0 Å². The molecule has 1 heterocycles. The number of hydrogen-bond acceptors (Lipinski definition) is 6. The molecule has 3 rings (SSSR count). The van der Waals surface area contributed by atoms with Crippen molar-refractivity contribution in [2.45, 2.75) is 23.1 Å². The molecule has 0 aliphatic heterocycles. The van der Waals surface area contributed by atoms with E-state index in [0.717, 1.165) is 18.3 Å². The van der Waals surface area contributed by atoms with Crippen LogP contribution < -0.4 is 9.88 Å². The molecule has 0 amide bonds. The van der Waals surface area contributed by atoms with Gasteiger partial charge in [0.05, 0.1) is 16.7 Å². The Kier molecular flexibility index (Phi) is 4.14. The van der Waals surface area contributed by atoms with Crippen LogP contribution in [0.5, 0.6) is 11.5 Å². The molecule has 0 bridgehead atoms. The minimum Gasteiger partial charge on any atom is -0.455 e. The van der Waals surface area contributed by atoms with Crippen molar-refractivity contribution in [1.29, 1.82) is 5.26 Å². The van der Waals surface area contributed by atoms with E-state index in [1.54, 1.807) is 6.07 Å². The number of fused-ring (bicyclic) bond motifs is 1. The maximum Gasteiger partial charge on any atom is 0.312 e. The Morgan fingerprint density at radius 1 is 1.31 bits per heavy atom. The van der Waals surface area contributed by atoms with Crippen molar-refractivity contribution in [3.8, 4) is 17.6 Å². The van der Waals surface area contributed by atoms with Crippen LogP contribution in [-0.2, 0) is 10.0 Å². The molecular formula is C15H10F3N3O4S. The number of hydrogen-bond donors (Lipinski definition) is 2. The van der Waals surface area contributed by atoms with Gasteiger partial charge in [0.15, 0.2) is 6.17 Å². The second kappa shape index (κ2) is 5.94. The summed E-state index contributed by atoms with van der Waals surface area (Å²) in [5, 5.41) is 23.6. The van der Waals surface area contributed by atoms with Crippen LogP contribution in [-0.4, -0.2) is 24.4 Å². The van der Waals surface area contributed by atoms with Gasteiger partial charge in [0.1, 0.15) is 23.7 Å². The topological polar surface area (TPSA) is 126 Å². The number of pyridine rings is 1. The smallest absolute Gasteiger partial charge is 0.312 e. The molecule has 3 N–H and O–H groups in total. The number of nitrogens with two attached hydrogens (primary N) is 1. The van der Waals surface area contributed by atoms with Crippen molar-refractivity contribution in [3.63, 3.8) is 0 Å². The van der Waals surface area contributed by atoms with Crippen molar-refractivity contribution in [1.82, 2.24) is 4.98 Å². The van der Waals surface area contributed by atoms with Crippen LogP contribution in [0.2, 0.25) is 0 Å². The van der Waals surface area contributed by atoms with Gasteiger partial charge in [-0.05, 0) is 12.1 Å². The third-order valence-corrected chi connectivity index (χ3v) is 4.78. The minimum atomic E-state index is -4.51. The summed E-state index contributed by atoms with van der Waals surface area (Å²) >= 11 is 0. The third-order valence-electron chi connectivity index (χ3n) is 3.81. The minimum absolute atomic E-state index is 0.0634. The number of aliphatic hydroxyl groups is 1. The fraction of sp³-hybridized carbons (Fsp3) is 0.200. The summed E-state index contributed by atoms with van der Waals surface area (Å²) in [6.45, 7) is 0. The lowest BCUT2D eigenvalue weighted by atomic mass is 10.1. The van der Waals surface area contributed by atoms with E-state index in [1.807, 2.05) is 0 Å². The van der Waals surface area contributed by atoms with Gasteiger partial charge in [-0.3, -0.25) is 4.98 Å². The average Bonchev–Trinajstić information content (AvgIpc) is 2.75. The molecule has 7 nitrogen and oxygen atoms in total. The van der Waals surface area contributed by atoms with Gasteiger partial charge < -0.3 is 9.84 Å². The summed E-state index contributed by atoms with van der Waals surface area (Å²) < 4.78 is 70.8. The number of nitrogens with zero attached hydrogens (tertiary/aromatic N) is 2. The zero-order valence-electron chi connectivity index (χ0n) is 12.7.